The van der Waals surface area contributed by atoms with E-state index >= 15 is 0 Å². The SMILES string of the molecule is C[C@H](O)c1cccc(F)c1Oc1c(Br)cccc1[N+](=O)[O-]. The quantitative estimate of drug-likeness (QED) is 0.653. The molecular weight excluding hydrogens is 345 g/mol. The van der Waals surface area contributed by atoms with Gasteiger partial charge in [0.25, 0.3) is 0 Å². The number of ether oxygens (including phenoxy) is 1. The largest absolute Gasteiger partial charge is 0.445 e. The van der Waals surface area contributed by atoms with E-state index in [1.807, 2.05) is 0 Å². The lowest BCUT2D eigenvalue weighted by molar-refractivity contribution is -0.385. The number of para-hydroxylation sites is 2. The summed E-state index contributed by atoms with van der Waals surface area (Å²) >= 11 is 3.14. The summed E-state index contributed by atoms with van der Waals surface area (Å²) in [6, 6.07) is 8.36. The first kappa shape index (κ1) is 15.4. The molecule has 2 rings (SSSR count). The molecule has 5 nitrogen and oxygen atoms in total. The zero-order chi connectivity index (χ0) is 15.6. The summed E-state index contributed by atoms with van der Waals surface area (Å²) in [5, 5.41) is 20.7. The highest BCUT2D eigenvalue weighted by molar-refractivity contribution is 9.10. The zero-order valence-electron chi connectivity index (χ0n) is 10.9. The molecule has 1 N–H and O–H groups in total. The van der Waals surface area contributed by atoms with Gasteiger partial charge in [0.05, 0.1) is 15.5 Å². The molecule has 0 aliphatic carbocycles. The van der Waals surface area contributed by atoms with Gasteiger partial charge in [0.1, 0.15) is 0 Å². The third kappa shape index (κ3) is 3.20. The lowest BCUT2D eigenvalue weighted by Crippen LogP contribution is -2.01. The van der Waals surface area contributed by atoms with Crippen LogP contribution in [0.15, 0.2) is 40.9 Å². The number of nitro benzene ring substituents is 1. The van der Waals surface area contributed by atoms with Crippen LogP contribution in [0.4, 0.5) is 10.1 Å². The van der Waals surface area contributed by atoms with Crippen molar-refractivity contribution in [3.8, 4) is 11.5 Å². The van der Waals surface area contributed by atoms with Gasteiger partial charge in [0, 0.05) is 11.6 Å². The molecule has 0 saturated carbocycles. The minimum atomic E-state index is -0.975. The van der Waals surface area contributed by atoms with Crippen LogP contribution >= 0.6 is 15.9 Å². The van der Waals surface area contributed by atoms with Crippen molar-refractivity contribution < 1.29 is 19.2 Å². The second-order valence-electron chi connectivity index (χ2n) is 4.28. The highest BCUT2D eigenvalue weighted by atomic mass is 79.9. The van der Waals surface area contributed by atoms with E-state index in [2.05, 4.69) is 15.9 Å². The van der Waals surface area contributed by atoms with Gasteiger partial charge >= 0.3 is 5.69 Å². The van der Waals surface area contributed by atoms with Crippen LogP contribution in [0.2, 0.25) is 0 Å². The number of rotatable bonds is 4. The Balaban J connectivity index is 2.56. The van der Waals surface area contributed by atoms with Gasteiger partial charge in [-0.1, -0.05) is 18.2 Å². The van der Waals surface area contributed by atoms with Crippen LogP contribution in [0.25, 0.3) is 0 Å². The summed E-state index contributed by atoms with van der Waals surface area (Å²) < 4.78 is 19.7. The van der Waals surface area contributed by atoms with Gasteiger partial charge in [-0.3, -0.25) is 10.1 Å². The van der Waals surface area contributed by atoms with Crippen molar-refractivity contribution in [1.29, 1.82) is 0 Å². The van der Waals surface area contributed by atoms with Gasteiger partial charge in [-0.15, -0.1) is 0 Å². The van der Waals surface area contributed by atoms with Crippen LogP contribution in [0.3, 0.4) is 0 Å². The van der Waals surface area contributed by atoms with Crippen molar-refractivity contribution in [1.82, 2.24) is 0 Å². The lowest BCUT2D eigenvalue weighted by Gasteiger charge is -2.14. The number of benzene rings is 2. The monoisotopic (exact) mass is 355 g/mol. The second-order valence-corrected chi connectivity index (χ2v) is 5.14. The highest BCUT2D eigenvalue weighted by Gasteiger charge is 2.22. The molecule has 0 saturated heterocycles. The molecule has 0 unspecified atom stereocenters. The number of nitro groups is 1. The fourth-order valence-corrected chi connectivity index (χ4v) is 2.24. The van der Waals surface area contributed by atoms with Gasteiger partial charge in [-0.2, -0.15) is 0 Å². The maximum atomic E-state index is 13.9. The van der Waals surface area contributed by atoms with Crippen molar-refractivity contribution in [2.75, 3.05) is 0 Å². The molecule has 2 aromatic rings. The maximum Gasteiger partial charge on any atom is 0.312 e. The average Bonchev–Trinajstić information content (AvgIpc) is 2.42. The first-order valence-corrected chi connectivity index (χ1v) is 6.78. The molecule has 2 aromatic carbocycles. The average molecular weight is 356 g/mol. The first-order chi connectivity index (χ1) is 9.91. The van der Waals surface area contributed by atoms with Crippen LogP contribution in [-0.4, -0.2) is 10.0 Å². The van der Waals surface area contributed by atoms with Gasteiger partial charge in [-0.25, -0.2) is 4.39 Å². The molecular formula is C14H11BrFNO4. The molecule has 0 spiro atoms. The number of aliphatic hydroxyl groups excluding tert-OH is 1. The van der Waals surface area contributed by atoms with Crippen LogP contribution in [0.1, 0.15) is 18.6 Å². The summed E-state index contributed by atoms with van der Waals surface area (Å²) in [5.41, 5.74) is -0.0933. The second kappa shape index (κ2) is 6.19. The Bertz CT molecular complexity index is 691. The summed E-state index contributed by atoms with van der Waals surface area (Å²) in [4.78, 5) is 10.4. The fraction of sp³-hybridized carbons (Fsp3) is 0.143. The molecule has 0 radical (unpaired) electrons. The first-order valence-electron chi connectivity index (χ1n) is 5.99. The summed E-state index contributed by atoms with van der Waals surface area (Å²) in [6.07, 6.45) is -0.975. The van der Waals surface area contributed by atoms with E-state index in [-0.39, 0.29) is 22.7 Å². The van der Waals surface area contributed by atoms with Crippen molar-refractivity contribution in [3.63, 3.8) is 0 Å². The Hall–Kier alpha value is -1.99. The molecule has 0 aliphatic rings. The molecule has 21 heavy (non-hydrogen) atoms. The van der Waals surface area contributed by atoms with E-state index in [9.17, 15) is 19.6 Å². The predicted octanol–water partition coefficient (Wildman–Crippen LogP) is 4.34. The highest BCUT2D eigenvalue weighted by Crippen LogP contribution is 2.40. The summed E-state index contributed by atoms with van der Waals surface area (Å²) in [6.45, 7) is 1.45. The van der Waals surface area contributed by atoms with E-state index in [1.54, 1.807) is 6.07 Å². The molecule has 110 valence electrons. The maximum absolute atomic E-state index is 13.9. The normalized spacial score (nSPS) is 12.0. The number of aliphatic hydroxyl groups is 1. The van der Waals surface area contributed by atoms with Gasteiger partial charge in [-0.05, 0) is 35.0 Å². The molecule has 0 fully saturated rings. The smallest absolute Gasteiger partial charge is 0.312 e. The number of hydrogen-bond donors (Lipinski definition) is 1. The summed E-state index contributed by atoms with van der Waals surface area (Å²) in [7, 11) is 0. The van der Waals surface area contributed by atoms with Gasteiger partial charge in [0.2, 0.25) is 5.75 Å². The van der Waals surface area contributed by atoms with Gasteiger partial charge in [0.15, 0.2) is 11.6 Å². The van der Waals surface area contributed by atoms with Gasteiger partial charge < -0.3 is 9.84 Å². The Labute approximate surface area is 128 Å². The van der Waals surface area contributed by atoms with Crippen molar-refractivity contribution in [2.45, 2.75) is 13.0 Å². The van der Waals surface area contributed by atoms with Crippen molar-refractivity contribution in [2.24, 2.45) is 0 Å². The Morgan fingerprint density at radius 2 is 1.95 bits per heavy atom. The van der Waals surface area contributed by atoms with Crippen molar-refractivity contribution in [3.05, 3.63) is 62.4 Å². The van der Waals surface area contributed by atoms with Crippen LogP contribution in [0.5, 0.6) is 11.5 Å². The minimum Gasteiger partial charge on any atom is -0.445 e. The van der Waals surface area contributed by atoms with Crippen molar-refractivity contribution >= 4 is 21.6 Å². The third-order valence-corrected chi connectivity index (χ3v) is 3.42. The Morgan fingerprint density at radius 1 is 1.29 bits per heavy atom. The summed E-state index contributed by atoms with van der Waals surface area (Å²) in [5.74, 6) is -1.06. The van der Waals surface area contributed by atoms with Crippen LogP contribution in [0, 0.1) is 15.9 Å². The molecule has 0 bridgehead atoms. The predicted molar refractivity (Wildman–Crippen MR) is 77.9 cm³/mol. The van der Waals surface area contributed by atoms with E-state index in [4.69, 9.17) is 4.74 Å². The Morgan fingerprint density at radius 3 is 2.57 bits per heavy atom. The fourth-order valence-electron chi connectivity index (χ4n) is 1.81. The zero-order valence-corrected chi connectivity index (χ0v) is 12.5. The number of nitrogens with zero attached hydrogens (tertiary/aromatic N) is 1. The Kier molecular flexibility index (Phi) is 4.54. The lowest BCUT2D eigenvalue weighted by atomic mass is 10.1. The van der Waals surface area contributed by atoms with E-state index in [1.165, 1.54) is 31.2 Å². The van der Waals surface area contributed by atoms with E-state index < -0.39 is 16.8 Å². The molecule has 0 aromatic heterocycles. The molecule has 0 amide bonds. The minimum absolute atomic E-state index is 0.116. The third-order valence-electron chi connectivity index (χ3n) is 2.79. The number of hydrogen-bond acceptors (Lipinski definition) is 4. The number of halogens is 2. The molecule has 0 aliphatic heterocycles. The topological polar surface area (TPSA) is 72.6 Å². The van der Waals surface area contributed by atoms with Crippen LogP contribution in [-0.2, 0) is 0 Å². The van der Waals surface area contributed by atoms with Crippen LogP contribution < -0.4 is 4.74 Å². The molecule has 7 heteroatoms. The molecule has 0 heterocycles. The molecule has 1 atom stereocenters. The van der Waals surface area contributed by atoms with E-state index in [0.29, 0.717) is 4.47 Å². The van der Waals surface area contributed by atoms with E-state index in [0.717, 1.165) is 6.07 Å². The standard InChI is InChI=1S/C14H11BrFNO4/c1-8(18)9-4-2-6-11(16)13(9)21-14-10(15)5-3-7-12(14)17(19)20/h2-8,18H,1H3/t8-/m0/s1.